The van der Waals surface area contributed by atoms with Gasteiger partial charge in [-0.2, -0.15) is 4.98 Å². The number of nitro groups is 1. The number of aromatic nitrogens is 2. The molecule has 1 aliphatic rings. The first-order valence-corrected chi connectivity index (χ1v) is 9.87. The molecule has 1 heterocycles. The number of nitrogen functional groups attached to an aromatic ring is 1. The molecule has 156 valence electrons. The van der Waals surface area contributed by atoms with Gasteiger partial charge in [-0.1, -0.05) is 11.6 Å². The quantitative estimate of drug-likeness (QED) is 0.457. The minimum atomic E-state index is -0.511. The van der Waals surface area contributed by atoms with Gasteiger partial charge in [0.1, 0.15) is 11.4 Å². The fourth-order valence-electron chi connectivity index (χ4n) is 3.67. The van der Waals surface area contributed by atoms with Gasteiger partial charge in [-0.25, -0.2) is 4.98 Å². The molecule has 10 heteroatoms. The van der Waals surface area contributed by atoms with E-state index in [0.717, 1.165) is 31.2 Å². The van der Waals surface area contributed by atoms with Gasteiger partial charge < -0.3 is 21.5 Å². The number of nitrogens with one attached hydrogen (secondary N) is 1. The molecule has 0 unspecified atom stereocenters. The minimum absolute atomic E-state index is 0.145. The summed E-state index contributed by atoms with van der Waals surface area (Å²) in [5.41, 5.74) is 12.8. The molecular weight excluding hydrogens is 396 g/mol. The molecule has 0 spiro atoms. The molecule has 1 aromatic heterocycles. The Hall–Kier alpha value is -2.65. The first-order valence-electron chi connectivity index (χ1n) is 9.50. The lowest BCUT2D eigenvalue weighted by Gasteiger charge is -2.25. The van der Waals surface area contributed by atoms with Crippen LogP contribution in [-0.2, 0) is 13.0 Å². The zero-order chi connectivity index (χ0) is 21.0. The topological polar surface area (TPSA) is 142 Å². The van der Waals surface area contributed by atoms with Crippen LogP contribution in [0.5, 0.6) is 5.75 Å². The Labute approximate surface area is 174 Å². The average molecular weight is 421 g/mol. The van der Waals surface area contributed by atoms with Crippen LogP contribution < -0.4 is 21.5 Å². The van der Waals surface area contributed by atoms with Gasteiger partial charge in [-0.15, -0.1) is 0 Å². The molecule has 29 heavy (non-hydrogen) atoms. The van der Waals surface area contributed by atoms with Crippen molar-refractivity contribution in [2.75, 3.05) is 18.2 Å². The summed E-state index contributed by atoms with van der Waals surface area (Å²) in [4.78, 5) is 19.5. The smallest absolute Gasteiger partial charge is 0.332 e. The first kappa shape index (κ1) is 21.1. The molecule has 1 fully saturated rings. The van der Waals surface area contributed by atoms with Crippen molar-refractivity contribution in [3.63, 3.8) is 0 Å². The number of benzene rings is 1. The molecule has 0 aliphatic heterocycles. The molecule has 3 rings (SSSR count). The van der Waals surface area contributed by atoms with Crippen LogP contribution in [0.4, 0.5) is 17.5 Å². The van der Waals surface area contributed by atoms with E-state index in [9.17, 15) is 10.1 Å². The summed E-state index contributed by atoms with van der Waals surface area (Å²) >= 11 is 6.06. The van der Waals surface area contributed by atoms with Crippen LogP contribution in [0.25, 0.3) is 0 Å². The molecule has 9 nitrogen and oxygen atoms in total. The molecule has 0 saturated heterocycles. The van der Waals surface area contributed by atoms with Gasteiger partial charge in [-0.05, 0) is 56.2 Å². The lowest BCUT2D eigenvalue weighted by molar-refractivity contribution is -0.385. The van der Waals surface area contributed by atoms with Crippen molar-refractivity contribution >= 4 is 29.1 Å². The van der Waals surface area contributed by atoms with Crippen molar-refractivity contribution in [3.8, 4) is 5.75 Å². The second-order valence-corrected chi connectivity index (χ2v) is 7.72. The predicted octanol–water partition coefficient (Wildman–Crippen LogP) is 3.30. The van der Waals surface area contributed by atoms with Crippen molar-refractivity contribution in [1.82, 2.24) is 9.97 Å². The largest absolute Gasteiger partial charge is 0.496 e. The summed E-state index contributed by atoms with van der Waals surface area (Å²) < 4.78 is 5.33. The molecule has 5 N–H and O–H groups in total. The van der Waals surface area contributed by atoms with Crippen LogP contribution in [0.15, 0.2) is 18.2 Å². The van der Waals surface area contributed by atoms with Crippen molar-refractivity contribution < 1.29 is 9.66 Å². The van der Waals surface area contributed by atoms with E-state index in [1.54, 1.807) is 25.3 Å². The summed E-state index contributed by atoms with van der Waals surface area (Å²) in [6, 6.07) is 5.48. The van der Waals surface area contributed by atoms with E-state index in [2.05, 4.69) is 15.3 Å². The minimum Gasteiger partial charge on any atom is -0.496 e. The standard InChI is InChI=1S/C19H25ClN6O3/c1-29-16-7-4-13(20)9-12(16)10-23-19-24-15(17(26(27)28)18(22)25-19)8-11-2-5-14(21)6-3-11/h4,7,9,11,14H,2-3,5-6,8,10,21H2,1H3,(H3,22,23,24,25)/t11-,14-. The molecule has 0 amide bonds. The third-order valence-corrected chi connectivity index (χ3v) is 5.45. The number of rotatable bonds is 7. The summed E-state index contributed by atoms with van der Waals surface area (Å²) in [6.07, 6.45) is 4.15. The second kappa shape index (κ2) is 9.23. The zero-order valence-corrected chi connectivity index (χ0v) is 17.0. The third-order valence-electron chi connectivity index (χ3n) is 5.22. The van der Waals surface area contributed by atoms with Crippen LogP contribution >= 0.6 is 11.6 Å². The maximum atomic E-state index is 11.5. The van der Waals surface area contributed by atoms with Crippen molar-refractivity contribution in [2.24, 2.45) is 11.7 Å². The molecular formula is C19H25ClN6O3. The summed E-state index contributed by atoms with van der Waals surface area (Å²) in [7, 11) is 1.57. The van der Waals surface area contributed by atoms with E-state index in [1.165, 1.54) is 0 Å². The normalized spacial score (nSPS) is 19.0. The van der Waals surface area contributed by atoms with E-state index in [0.29, 0.717) is 35.3 Å². The molecule has 1 saturated carbocycles. The number of halogens is 1. The number of anilines is 2. The van der Waals surface area contributed by atoms with Crippen molar-refractivity contribution in [1.29, 1.82) is 0 Å². The van der Waals surface area contributed by atoms with Crippen LogP contribution in [0.2, 0.25) is 5.02 Å². The molecule has 0 bridgehead atoms. The van der Waals surface area contributed by atoms with Crippen LogP contribution in [0.3, 0.4) is 0 Å². The number of nitrogens with two attached hydrogens (primary N) is 2. The summed E-state index contributed by atoms with van der Waals surface area (Å²) in [5, 5.41) is 15.2. The summed E-state index contributed by atoms with van der Waals surface area (Å²) in [5.74, 6) is 1.05. The fraction of sp³-hybridized carbons (Fsp3) is 0.474. The SMILES string of the molecule is COc1ccc(Cl)cc1CNc1nc(N)c([N+](=O)[O-])c(C[C@H]2CC[C@H](N)CC2)n1. The van der Waals surface area contributed by atoms with Crippen LogP contribution in [0, 0.1) is 16.0 Å². The number of nitrogens with zero attached hydrogens (tertiary/aromatic N) is 3. The Morgan fingerprint density at radius 1 is 1.31 bits per heavy atom. The van der Waals surface area contributed by atoms with Gasteiger partial charge in [0.15, 0.2) is 0 Å². The van der Waals surface area contributed by atoms with E-state index in [1.807, 2.05) is 0 Å². The molecule has 2 aromatic rings. The number of methoxy groups -OCH3 is 1. The number of hydrogen-bond acceptors (Lipinski definition) is 8. The lowest BCUT2D eigenvalue weighted by Crippen LogP contribution is -2.27. The Balaban J connectivity index is 1.82. The maximum absolute atomic E-state index is 11.5. The van der Waals surface area contributed by atoms with Gasteiger partial charge in [0.25, 0.3) is 0 Å². The van der Waals surface area contributed by atoms with Gasteiger partial charge in [-0.3, -0.25) is 10.1 Å². The van der Waals surface area contributed by atoms with Crippen LogP contribution in [0.1, 0.15) is 36.9 Å². The number of ether oxygens (including phenoxy) is 1. The second-order valence-electron chi connectivity index (χ2n) is 7.28. The highest BCUT2D eigenvalue weighted by Crippen LogP contribution is 2.32. The predicted molar refractivity (Wildman–Crippen MR) is 112 cm³/mol. The Morgan fingerprint density at radius 3 is 2.69 bits per heavy atom. The highest BCUT2D eigenvalue weighted by Gasteiger charge is 2.27. The molecule has 1 aliphatic carbocycles. The van der Waals surface area contributed by atoms with E-state index in [-0.39, 0.29) is 23.5 Å². The van der Waals surface area contributed by atoms with E-state index < -0.39 is 4.92 Å². The summed E-state index contributed by atoms with van der Waals surface area (Å²) in [6.45, 7) is 0.332. The molecule has 0 atom stereocenters. The highest BCUT2D eigenvalue weighted by atomic mass is 35.5. The van der Waals surface area contributed by atoms with E-state index in [4.69, 9.17) is 27.8 Å². The number of hydrogen-bond donors (Lipinski definition) is 3. The Bertz CT molecular complexity index is 886. The molecule has 0 radical (unpaired) electrons. The van der Waals surface area contributed by atoms with Gasteiger partial charge >= 0.3 is 5.69 Å². The van der Waals surface area contributed by atoms with E-state index >= 15 is 0 Å². The maximum Gasteiger partial charge on any atom is 0.332 e. The van der Waals surface area contributed by atoms with Gasteiger partial charge in [0.05, 0.1) is 12.0 Å². The van der Waals surface area contributed by atoms with Crippen molar-refractivity contribution in [2.45, 2.75) is 44.7 Å². The van der Waals surface area contributed by atoms with Crippen LogP contribution in [-0.4, -0.2) is 28.0 Å². The van der Waals surface area contributed by atoms with Gasteiger partial charge in [0, 0.05) is 23.2 Å². The monoisotopic (exact) mass is 420 g/mol. The fourth-order valence-corrected chi connectivity index (χ4v) is 3.86. The molecule has 1 aromatic carbocycles. The third kappa shape index (κ3) is 5.24. The first-order chi connectivity index (χ1) is 13.9. The Morgan fingerprint density at radius 2 is 2.03 bits per heavy atom. The van der Waals surface area contributed by atoms with Gasteiger partial charge in [0.2, 0.25) is 11.8 Å². The zero-order valence-electron chi connectivity index (χ0n) is 16.2. The average Bonchev–Trinajstić information content (AvgIpc) is 2.67. The van der Waals surface area contributed by atoms with Crippen molar-refractivity contribution in [3.05, 3.63) is 44.6 Å². The Kier molecular flexibility index (Phi) is 6.71. The lowest BCUT2D eigenvalue weighted by atomic mass is 9.83. The highest BCUT2D eigenvalue weighted by molar-refractivity contribution is 6.30.